The zero-order valence-electron chi connectivity index (χ0n) is 19.6. The topological polar surface area (TPSA) is 38.8 Å². The molecule has 1 heterocycles. The van der Waals surface area contributed by atoms with Gasteiger partial charge in [0.25, 0.3) is 0 Å². The van der Waals surface area contributed by atoms with Crippen LogP contribution in [0.1, 0.15) is 31.6 Å². The van der Waals surface area contributed by atoms with Crippen LogP contribution in [0.5, 0.6) is 0 Å². The van der Waals surface area contributed by atoms with Gasteiger partial charge in [-0.1, -0.05) is 0 Å². The fraction of sp³-hybridized carbons (Fsp3) is 0.480. The predicted molar refractivity (Wildman–Crippen MR) is 132 cm³/mol. The SMILES string of the molecule is CC(C)(C)OC(=O)N1CCO[C@H]([C@@H](Sc2cccc[c]2[Sn]([CH3])([CH3])[CH3])c2ccccc2)C1. The summed E-state index contributed by atoms with van der Waals surface area (Å²) < 4.78 is 13.4. The normalized spacial score (nSPS) is 18.5. The number of amides is 1. The van der Waals surface area contributed by atoms with Crippen LogP contribution in [0.2, 0.25) is 14.8 Å². The Morgan fingerprint density at radius 2 is 1.74 bits per heavy atom. The van der Waals surface area contributed by atoms with E-state index in [1.807, 2.05) is 38.6 Å². The maximum absolute atomic E-state index is 12.7. The summed E-state index contributed by atoms with van der Waals surface area (Å²) in [5.41, 5.74) is 0.722. The summed E-state index contributed by atoms with van der Waals surface area (Å²) in [4.78, 5) is 23.2. The third kappa shape index (κ3) is 6.90. The zero-order chi connectivity index (χ0) is 22.6. The standard InChI is InChI=1S/C22H26NO3S.3CH3.Sn/c1-22(2,3)26-21(24)23-14-15-25-19(16-23)20(17-10-6-4-7-11-17)27-18-12-8-5-9-13-18;;;;/h4-12,19-20H,14-16H2,1-3H3;3*1H3;/t19-,20-;;;;/m0..../s1. The zero-order valence-corrected chi connectivity index (χ0v) is 23.2. The molecule has 0 unspecified atom stereocenters. The molecule has 0 spiro atoms. The molecule has 0 bridgehead atoms. The fourth-order valence-corrected chi connectivity index (χ4v) is 11.5. The van der Waals surface area contributed by atoms with Gasteiger partial charge in [-0.25, -0.2) is 0 Å². The Morgan fingerprint density at radius 3 is 2.39 bits per heavy atom. The van der Waals surface area contributed by atoms with Gasteiger partial charge in [0.15, 0.2) is 0 Å². The summed E-state index contributed by atoms with van der Waals surface area (Å²) in [6.07, 6.45) is -0.360. The summed E-state index contributed by atoms with van der Waals surface area (Å²) in [5, 5.41) is 0.0984. The maximum atomic E-state index is 12.7. The van der Waals surface area contributed by atoms with Crippen molar-refractivity contribution in [1.29, 1.82) is 0 Å². The van der Waals surface area contributed by atoms with E-state index in [1.54, 1.807) is 4.90 Å². The molecule has 2 aromatic carbocycles. The van der Waals surface area contributed by atoms with E-state index in [2.05, 4.69) is 63.3 Å². The van der Waals surface area contributed by atoms with Crippen LogP contribution in [0.4, 0.5) is 4.79 Å². The van der Waals surface area contributed by atoms with E-state index in [4.69, 9.17) is 9.47 Å². The quantitative estimate of drug-likeness (QED) is 0.355. The van der Waals surface area contributed by atoms with Gasteiger partial charge in [-0.2, -0.15) is 0 Å². The first-order chi connectivity index (χ1) is 14.5. The van der Waals surface area contributed by atoms with Crippen molar-refractivity contribution in [3.05, 3.63) is 60.2 Å². The van der Waals surface area contributed by atoms with Crippen LogP contribution in [0.3, 0.4) is 0 Å². The van der Waals surface area contributed by atoms with Crippen molar-refractivity contribution in [2.24, 2.45) is 0 Å². The molecule has 31 heavy (non-hydrogen) atoms. The van der Waals surface area contributed by atoms with Gasteiger partial charge in [-0.05, 0) is 0 Å². The van der Waals surface area contributed by atoms with E-state index in [9.17, 15) is 4.79 Å². The number of ether oxygens (including phenoxy) is 2. The van der Waals surface area contributed by atoms with Crippen molar-refractivity contribution in [3.8, 4) is 0 Å². The summed E-state index contributed by atoms with van der Waals surface area (Å²) >= 11 is -0.412. The molecule has 0 N–H and O–H groups in total. The Bertz CT molecular complexity index is 876. The summed E-state index contributed by atoms with van der Waals surface area (Å²) in [5.74, 6) is 0. The average Bonchev–Trinajstić information content (AvgIpc) is 2.71. The molecule has 6 heteroatoms. The Labute approximate surface area is 195 Å². The van der Waals surface area contributed by atoms with E-state index >= 15 is 0 Å². The molecule has 0 aliphatic carbocycles. The Morgan fingerprint density at radius 1 is 1.10 bits per heavy atom. The molecule has 1 aliphatic heterocycles. The van der Waals surface area contributed by atoms with Crippen LogP contribution in [0.25, 0.3) is 0 Å². The van der Waals surface area contributed by atoms with Crippen molar-refractivity contribution in [2.75, 3.05) is 19.7 Å². The van der Waals surface area contributed by atoms with Crippen LogP contribution < -0.4 is 3.58 Å². The Kier molecular flexibility index (Phi) is 8.03. The van der Waals surface area contributed by atoms with Crippen LogP contribution in [0.15, 0.2) is 59.5 Å². The second-order valence-electron chi connectivity index (χ2n) is 10.0. The number of hydrogen-bond acceptors (Lipinski definition) is 4. The predicted octanol–water partition coefficient (Wildman–Crippen LogP) is 5.70. The van der Waals surface area contributed by atoms with Crippen LogP contribution >= 0.6 is 11.8 Å². The van der Waals surface area contributed by atoms with Gasteiger partial charge in [-0.3, -0.25) is 0 Å². The van der Waals surface area contributed by atoms with Crippen molar-refractivity contribution >= 4 is 39.8 Å². The number of nitrogens with zero attached hydrogens (tertiary/aromatic N) is 1. The van der Waals surface area contributed by atoms with Crippen LogP contribution in [0, 0.1) is 0 Å². The molecule has 0 radical (unpaired) electrons. The van der Waals surface area contributed by atoms with E-state index in [-0.39, 0.29) is 17.4 Å². The van der Waals surface area contributed by atoms with Crippen LogP contribution in [-0.2, 0) is 9.47 Å². The number of carbonyl (C=O) groups excluding carboxylic acids is 1. The molecule has 0 saturated carbocycles. The number of carbonyl (C=O) groups is 1. The van der Waals surface area contributed by atoms with Crippen molar-refractivity contribution in [1.82, 2.24) is 4.90 Å². The average molecular weight is 548 g/mol. The van der Waals surface area contributed by atoms with Gasteiger partial charge in [0.05, 0.1) is 0 Å². The fourth-order valence-electron chi connectivity index (χ4n) is 3.68. The van der Waals surface area contributed by atoms with Gasteiger partial charge in [0.1, 0.15) is 0 Å². The van der Waals surface area contributed by atoms with E-state index in [0.717, 1.165) is 0 Å². The first kappa shape index (κ1) is 24.5. The van der Waals surface area contributed by atoms with Gasteiger partial charge < -0.3 is 0 Å². The van der Waals surface area contributed by atoms with Gasteiger partial charge in [0, 0.05) is 0 Å². The first-order valence-electron chi connectivity index (χ1n) is 11.0. The summed E-state index contributed by atoms with van der Waals surface area (Å²) in [6, 6.07) is 19.3. The molecule has 2 atom stereocenters. The van der Waals surface area contributed by atoms with E-state index in [0.29, 0.717) is 19.7 Å². The molecule has 1 amide bonds. The van der Waals surface area contributed by atoms with Gasteiger partial charge in [-0.15, -0.1) is 0 Å². The number of morpholine rings is 1. The first-order valence-corrected chi connectivity index (χ1v) is 21.8. The Balaban J connectivity index is 1.88. The second kappa shape index (κ2) is 10.2. The third-order valence-corrected chi connectivity index (χ3v) is 13.0. The molecule has 0 aromatic heterocycles. The molecular formula is C25H35NO3SSn. The third-order valence-electron chi connectivity index (χ3n) is 5.16. The van der Waals surface area contributed by atoms with E-state index in [1.165, 1.54) is 14.0 Å². The second-order valence-corrected chi connectivity index (χ2v) is 25.6. The minimum atomic E-state index is -2.29. The monoisotopic (exact) mass is 549 g/mol. The van der Waals surface area contributed by atoms with Crippen molar-refractivity contribution in [3.63, 3.8) is 0 Å². The number of rotatable bonds is 5. The Hall–Kier alpha value is -1.18. The molecule has 168 valence electrons. The minimum absolute atomic E-state index is 0.0984. The molecule has 1 aliphatic rings. The molecule has 2 aromatic rings. The summed E-state index contributed by atoms with van der Waals surface area (Å²) in [7, 11) is 0. The molecule has 1 fully saturated rings. The molecule has 3 rings (SSSR count). The number of hydrogen-bond donors (Lipinski definition) is 0. The van der Waals surface area contributed by atoms with Gasteiger partial charge >= 0.3 is 196 Å². The summed E-state index contributed by atoms with van der Waals surface area (Å²) in [6.45, 7) is 7.32. The number of thioether (sulfide) groups is 1. The molecular weight excluding hydrogens is 513 g/mol. The van der Waals surface area contributed by atoms with E-state index < -0.39 is 24.0 Å². The van der Waals surface area contributed by atoms with Crippen molar-refractivity contribution < 1.29 is 14.3 Å². The molecule has 4 nitrogen and oxygen atoms in total. The number of benzene rings is 2. The van der Waals surface area contributed by atoms with Crippen LogP contribution in [-0.4, -0.2) is 60.8 Å². The van der Waals surface area contributed by atoms with Gasteiger partial charge in [0.2, 0.25) is 0 Å². The molecule has 1 saturated heterocycles. The van der Waals surface area contributed by atoms with Crippen molar-refractivity contribution in [2.45, 2.75) is 57.4 Å².